The van der Waals surface area contributed by atoms with Crippen molar-refractivity contribution in [2.75, 3.05) is 0 Å². The molecule has 1 N–H and O–H groups in total. The van der Waals surface area contributed by atoms with Crippen molar-refractivity contribution >= 4 is 49.2 Å². The van der Waals surface area contributed by atoms with E-state index in [1.807, 2.05) is 60.7 Å². The van der Waals surface area contributed by atoms with E-state index in [4.69, 9.17) is 0 Å². The Morgan fingerprint density at radius 1 is 0.917 bits per heavy atom. The van der Waals surface area contributed by atoms with E-state index >= 15 is 0 Å². The normalized spacial score (nSPS) is 12.6. The first-order valence-electron chi connectivity index (χ1n) is 7.70. The predicted octanol–water partition coefficient (Wildman–Crippen LogP) is 3.84. The van der Waals surface area contributed by atoms with Gasteiger partial charge in [-0.15, -0.1) is 11.3 Å². The van der Waals surface area contributed by atoms with Crippen LogP contribution in [-0.4, -0.2) is 9.97 Å². The highest BCUT2D eigenvalue weighted by Crippen LogP contribution is 2.23. The zero-order valence-electron chi connectivity index (χ0n) is 12.6. The number of aromatic nitrogens is 2. The van der Waals surface area contributed by atoms with Crippen molar-refractivity contribution in [2.24, 2.45) is 0 Å². The van der Waals surface area contributed by atoms with E-state index in [1.54, 1.807) is 11.3 Å². The van der Waals surface area contributed by atoms with Crippen LogP contribution < -0.4 is 10.9 Å². The number of pyridine rings is 1. The van der Waals surface area contributed by atoms with E-state index in [-0.39, 0.29) is 5.56 Å². The largest absolute Gasteiger partial charge is 0.321 e. The molecule has 0 bridgehead atoms. The summed E-state index contributed by atoms with van der Waals surface area (Å²) in [5.74, 6) is 0. The van der Waals surface area contributed by atoms with Crippen molar-refractivity contribution in [3.63, 3.8) is 0 Å². The first-order chi connectivity index (χ1) is 11.8. The molecule has 0 radical (unpaired) electrons. The molecule has 0 fully saturated rings. The number of rotatable bonds is 1. The Morgan fingerprint density at radius 3 is 2.54 bits per heavy atom. The number of nitrogens with one attached hydrogen (secondary N) is 1. The molecule has 0 atom stereocenters. The van der Waals surface area contributed by atoms with E-state index < -0.39 is 0 Å². The second kappa shape index (κ2) is 5.01. The van der Waals surface area contributed by atoms with Gasteiger partial charge in [0.2, 0.25) is 0 Å². The molecule has 5 aromatic rings. The number of nitrogens with zero attached hydrogens (tertiary/aromatic N) is 1. The first-order valence-corrected chi connectivity index (χ1v) is 8.52. The van der Waals surface area contributed by atoms with Gasteiger partial charge >= 0.3 is 0 Å². The van der Waals surface area contributed by atoms with Gasteiger partial charge in [-0.1, -0.05) is 42.5 Å². The Morgan fingerprint density at radius 2 is 1.71 bits per heavy atom. The molecule has 2 heterocycles. The van der Waals surface area contributed by atoms with Gasteiger partial charge in [0, 0.05) is 16.2 Å². The van der Waals surface area contributed by atoms with Crippen molar-refractivity contribution < 1.29 is 0 Å². The summed E-state index contributed by atoms with van der Waals surface area (Å²) in [5.41, 5.74) is 0.918. The van der Waals surface area contributed by atoms with Crippen LogP contribution in [0.25, 0.3) is 37.8 Å². The summed E-state index contributed by atoms with van der Waals surface area (Å²) in [6.07, 6.45) is 1.97. The fourth-order valence-electron chi connectivity index (χ4n) is 3.20. The molecular formula is C20H12N2OS. The number of benzene rings is 3. The van der Waals surface area contributed by atoms with Gasteiger partial charge in [-0.3, -0.25) is 4.79 Å². The minimum atomic E-state index is -0.0633. The topological polar surface area (TPSA) is 45.8 Å². The third kappa shape index (κ3) is 1.97. The summed E-state index contributed by atoms with van der Waals surface area (Å²) in [7, 11) is 0. The van der Waals surface area contributed by atoms with Crippen LogP contribution in [0.3, 0.4) is 0 Å². The SMILES string of the molecule is O=c1[nH]/c(=C\c2nc3ccccc3s2)c2cccc3cccc1c32. The molecule has 24 heavy (non-hydrogen) atoms. The van der Waals surface area contributed by atoms with Crippen LogP contribution in [-0.2, 0) is 0 Å². The maximum atomic E-state index is 12.5. The zero-order chi connectivity index (χ0) is 16.1. The fourth-order valence-corrected chi connectivity index (χ4v) is 4.11. The lowest BCUT2D eigenvalue weighted by atomic mass is 10.0. The van der Waals surface area contributed by atoms with Crippen LogP contribution in [0.5, 0.6) is 0 Å². The second-order valence-corrected chi connectivity index (χ2v) is 6.80. The highest BCUT2D eigenvalue weighted by molar-refractivity contribution is 7.19. The molecule has 3 aromatic carbocycles. The second-order valence-electron chi connectivity index (χ2n) is 5.74. The van der Waals surface area contributed by atoms with Crippen molar-refractivity contribution in [2.45, 2.75) is 0 Å². The number of H-pyrrole nitrogens is 1. The summed E-state index contributed by atoms with van der Waals surface area (Å²) in [6.45, 7) is 0. The molecule has 2 aromatic heterocycles. The molecule has 3 nitrogen and oxygen atoms in total. The van der Waals surface area contributed by atoms with Crippen molar-refractivity contribution in [1.82, 2.24) is 9.97 Å². The van der Waals surface area contributed by atoms with Crippen LogP contribution in [0.15, 0.2) is 65.5 Å². The molecule has 0 aliphatic carbocycles. The van der Waals surface area contributed by atoms with Crippen LogP contribution in [0, 0.1) is 0 Å². The Labute approximate surface area is 140 Å². The predicted molar refractivity (Wildman–Crippen MR) is 100 cm³/mol. The Bertz CT molecular complexity index is 1290. The minimum absolute atomic E-state index is 0.0633. The number of para-hydroxylation sites is 1. The molecule has 0 aliphatic rings. The van der Waals surface area contributed by atoms with E-state index in [0.717, 1.165) is 42.1 Å². The average molecular weight is 328 g/mol. The van der Waals surface area contributed by atoms with Gasteiger partial charge in [0.15, 0.2) is 0 Å². The van der Waals surface area contributed by atoms with Gasteiger partial charge in [0.25, 0.3) is 5.56 Å². The summed E-state index contributed by atoms with van der Waals surface area (Å²) >= 11 is 1.62. The molecule has 0 amide bonds. The van der Waals surface area contributed by atoms with Crippen molar-refractivity contribution in [3.05, 3.63) is 81.4 Å². The Hall–Kier alpha value is -2.98. The van der Waals surface area contributed by atoms with Gasteiger partial charge in [-0.05, 0) is 29.7 Å². The minimum Gasteiger partial charge on any atom is -0.321 e. The maximum Gasteiger partial charge on any atom is 0.256 e. The third-order valence-electron chi connectivity index (χ3n) is 4.27. The standard InChI is InChI=1S/C20H12N2OS/c23-20-14-8-4-6-12-5-3-7-13(19(12)14)16(22-20)11-18-21-15-9-1-2-10-17(15)24-18/h1-11H,(H,22,23)/b16-11-. The summed E-state index contributed by atoms with van der Waals surface area (Å²) in [6, 6.07) is 20.0. The molecule has 5 rings (SSSR count). The van der Waals surface area contributed by atoms with Crippen molar-refractivity contribution in [3.8, 4) is 0 Å². The summed E-state index contributed by atoms with van der Waals surface area (Å²) in [4.78, 5) is 20.1. The van der Waals surface area contributed by atoms with Gasteiger partial charge in [-0.2, -0.15) is 0 Å². The highest BCUT2D eigenvalue weighted by atomic mass is 32.1. The third-order valence-corrected chi connectivity index (χ3v) is 5.25. The number of hydrogen-bond acceptors (Lipinski definition) is 3. The monoisotopic (exact) mass is 328 g/mol. The fraction of sp³-hybridized carbons (Fsp3) is 0. The molecule has 4 heteroatoms. The average Bonchev–Trinajstić information content (AvgIpc) is 3.01. The van der Waals surface area contributed by atoms with Crippen LogP contribution >= 0.6 is 11.3 Å². The van der Waals surface area contributed by atoms with Crippen LogP contribution in [0.4, 0.5) is 0 Å². The van der Waals surface area contributed by atoms with E-state index in [1.165, 1.54) is 0 Å². The smallest absolute Gasteiger partial charge is 0.256 e. The van der Waals surface area contributed by atoms with E-state index in [9.17, 15) is 4.79 Å². The summed E-state index contributed by atoms with van der Waals surface area (Å²) < 4.78 is 1.14. The maximum absolute atomic E-state index is 12.5. The van der Waals surface area contributed by atoms with Crippen molar-refractivity contribution in [1.29, 1.82) is 0 Å². The lowest BCUT2D eigenvalue weighted by molar-refractivity contribution is 1.23. The first kappa shape index (κ1) is 13.5. The van der Waals surface area contributed by atoms with Gasteiger partial charge in [0.1, 0.15) is 5.01 Å². The number of aromatic amines is 1. The molecule has 0 saturated carbocycles. The van der Waals surface area contributed by atoms with Crippen LogP contribution in [0.2, 0.25) is 0 Å². The van der Waals surface area contributed by atoms with Gasteiger partial charge in [0.05, 0.1) is 15.6 Å². The van der Waals surface area contributed by atoms with E-state index in [2.05, 4.69) is 16.0 Å². The lowest BCUT2D eigenvalue weighted by Gasteiger charge is -2.05. The van der Waals surface area contributed by atoms with Gasteiger partial charge < -0.3 is 4.98 Å². The molecule has 114 valence electrons. The Balaban J connectivity index is 1.89. The molecule has 0 aliphatic heterocycles. The zero-order valence-corrected chi connectivity index (χ0v) is 13.4. The Kier molecular flexibility index (Phi) is 2.81. The van der Waals surface area contributed by atoms with Crippen LogP contribution in [0.1, 0.15) is 5.01 Å². The van der Waals surface area contributed by atoms with Gasteiger partial charge in [-0.25, -0.2) is 4.98 Å². The number of thiazole rings is 1. The van der Waals surface area contributed by atoms with E-state index in [0.29, 0.717) is 0 Å². The molecule has 0 unspecified atom stereocenters. The number of fused-ring (bicyclic) bond motifs is 1. The molecule has 0 saturated heterocycles. The quantitative estimate of drug-likeness (QED) is 0.508. The molecule has 0 spiro atoms. The molecular weight excluding hydrogens is 316 g/mol. The lowest BCUT2D eigenvalue weighted by Crippen LogP contribution is -2.20. The number of hydrogen-bond donors (Lipinski definition) is 1. The summed E-state index contributed by atoms with van der Waals surface area (Å²) in [5, 5.41) is 5.56. The highest BCUT2D eigenvalue weighted by Gasteiger charge is 2.07.